The van der Waals surface area contributed by atoms with Crippen LogP contribution in [0.2, 0.25) is 0 Å². The molecule has 0 saturated carbocycles. The monoisotopic (exact) mass is 502 g/mol. The second kappa shape index (κ2) is 9.08. The summed E-state index contributed by atoms with van der Waals surface area (Å²) in [6.45, 7) is 0. The highest BCUT2D eigenvalue weighted by molar-refractivity contribution is 9.10. The Morgan fingerprint density at radius 1 is 0.818 bits per heavy atom. The largest absolute Gasteiger partial charge is 0.356 e. The Balaban J connectivity index is 1.57. The lowest BCUT2D eigenvalue weighted by atomic mass is 9.98. The third-order valence-electron chi connectivity index (χ3n) is 5.38. The second-order valence-electron chi connectivity index (χ2n) is 7.54. The summed E-state index contributed by atoms with van der Waals surface area (Å²) in [6.07, 6.45) is 1.77. The minimum Gasteiger partial charge on any atom is -0.356 e. The first-order chi connectivity index (χ1) is 16.1. The number of rotatable bonds is 5. The maximum Gasteiger partial charge on any atom is 0.168 e. The Kier molecular flexibility index (Phi) is 5.84. The number of nitrogens with zero attached hydrogens (tertiary/aromatic N) is 2. The fourth-order valence-electron chi connectivity index (χ4n) is 3.74. The van der Waals surface area contributed by atoms with Gasteiger partial charge in [-0.25, -0.2) is 8.78 Å². The molecule has 5 rings (SSSR count). The van der Waals surface area contributed by atoms with Gasteiger partial charge in [-0.05, 0) is 53.6 Å². The molecule has 4 aromatic carbocycles. The van der Waals surface area contributed by atoms with Crippen molar-refractivity contribution in [2.24, 2.45) is 4.99 Å². The van der Waals surface area contributed by atoms with Gasteiger partial charge in [-0.2, -0.15) is 0 Å². The van der Waals surface area contributed by atoms with Gasteiger partial charge in [0, 0.05) is 27.2 Å². The lowest BCUT2D eigenvalue weighted by molar-refractivity contribution is 0.459. The molecular formula is C27H17BrF2N2O. The molecule has 33 heavy (non-hydrogen) atoms. The molecule has 0 amide bonds. The molecule has 0 N–H and O–H groups in total. The van der Waals surface area contributed by atoms with Crippen molar-refractivity contribution in [3.05, 3.63) is 124 Å². The molecule has 0 bridgehead atoms. The molecule has 1 aromatic heterocycles. The van der Waals surface area contributed by atoms with Gasteiger partial charge in [-0.3, -0.25) is 4.99 Å². The van der Waals surface area contributed by atoms with Gasteiger partial charge in [0.25, 0.3) is 0 Å². The van der Waals surface area contributed by atoms with E-state index in [1.807, 2.05) is 42.5 Å². The molecule has 0 aliphatic heterocycles. The van der Waals surface area contributed by atoms with E-state index in [1.165, 1.54) is 24.3 Å². The smallest absolute Gasteiger partial charge is 0.168 e. The van der Waals surface area contributed by atoms with Crippen molar-refractivity contribution in [2.75, 3.05) is 0 Å². The SMILES string of the molecule is Fc1ccc(C(N=Cc2ccccc2-c2noc3cc(Br)ccc23)c2ccc(F)cc2)cc1. The van der Waals surface area contributed by atoms with Crippen molar-refractivity contribution < 1.29 is 13.3 Å². The van der Waals surface area contributed by atoms with E-state index >= 15 is 0 Å². The van der Waals surface area contributed by atoms with Gasteiger partial charge < -0.3 is 4.52 Å². The van der Waals surface area contributed by atoms with E-state index in [2.05, 4.69) is 21.1 Å². The molecule has 0 spiro atoms. The van der Waals surface area contributed by atoms with Crippen molar-refractivity contribution in [1.29, 1.82) is 0 Å². The van der Waals surface area contributed by atoms with Crippen molar-refractivity contribution in [3.8, 4) is 11.3 Å². The van der Waals surface area contributed by atoms with Crippen molar-refractivity contribution >= 4 is 33.1 Å². The standard InChI is InChI=1S/C27H17BrF2N2O/c28-20-9-14-24-25(15-20)33-32-27(24)23-4-2-1-3-19(23)16-31-26(17-5-10-21(29)11-6-17)18-7-12-22(30)13-8-18/h1-16,26H. The highest BCUT2D eigenvalue weighted by atomic mass is 79.9. The summed E-state index contributed by atoms with van der Waals surface area (Å²) in [6, 6.07) is 25.5. The van der Waals surface area contributed by atoms with Crippen LogP contribution in [0.3, 0.4) is 0 Å². The Bertz CT molecular complexity index is 1400. The van der Waals surface area contributed by atoms with Gasteiger partial charge in [-0.1, -0.05) is 69.6 Å². The number of aliphatic imine (C=N–C) groups is 1. The number of hydrogen-bond acceptors (Lipinski definition) is 3. The summed E-state index contributed by atoms with van der Waals surface area (Å²) < 4.78 is 33.5. The molecular weight excluding hydrogens is 486 g/mol. The van der Waals surface area contributed by atoms with E-state index in [1.54, 1.807) is 30.5 Å². The number of aromatic nitrogens is 1. The predicted molar refractivity (Wildman–Crippen MR) is 129 cm³/mol. The highest BCUT2D eigenvalue weighted by Crippen LogP contribution is 2.32. The Hall–Kier alpha value is -3.64. The molecule has 0 aliphatic carbocycles. The summed E-state index contributed by atoms with van der Waals surface area (Å²) in [5.74, 6) is -0.647. The normalized spacial score (nSPS) is 11.6. The van der Waals surface area contributed by atoms with Gasteiger partial charge >= 0.3 is 0 Å². The summed E-state index contributed by atoms with van der Waals surface area (Å²) >= 11 is 3.45. The molecule has 5 aromatic rings. The van der Waals surface area contributed by atoms with E-state index in [0.717, 1.165) is 37.8 Å². The molecule has 1 heterocycles. The van der Waals surface area contributed by atoms with E-state index in [4.69, 9.17) is 9.52 Å². The summed E-state index contributed by atoms with van der Waals surface area (Å²) in [4.78, 5) is 4.82. The maximum absolute atomic E-state index is 13.5. The third kappa shape index (κ3) is 4.47. The van der Waals surface area contributed by atoms with Crippen LogP contribution in [0.15, 0.2) is 105 Å². The molecule has 0 saturated heterocycles. The van der Waals surface area contributed by atoms with E-state index in [9.17, 15) is 8.78 Å². The zero-order valence-electron chi connectivity index (χ0n) is 17.3. The lowest BCUT2D eigenvalue weighted by Crippen LogP contribution is -2.00. The molecule has 0 aliphatic rings. The van der Waals surface area contributed by atoms with Crippen LogP contribution in [0, 0.1) is 11.6 Å². The molecule has 0 unspecified atom stereocenters. The first-order valence-electron chi connectivity index (χ1n) is 10.3. The van der Waals surface area contributed by atoms with Crippen LogP contribution in [-0.2, 0) is 0 Å². The predicted octanol–water partition coefficient (Wildman–Crippen LogP) is 7.74. The molecule has 6 heteroatoms. The van der Waals surface area contributed by atoms with Crippen LogP contribution in [0.1, 0.15) is 22.7 Å². The van der Waals surface area contributed by atoms with Crippen LogP contribution >= 0.6 is 15.9 Å². The van der Waals surface area contributed by atoms with Crippen molar-refractivity contribution in [1.82, 2.24) is 5.16 Å². The fourth-order valence-corrected chi connectivity index (χ4v) is 4.08. The first-order valence-corrected chi connectivity index (χ1v) is 11.1. The van der Waals surface area contributed by atoms with Crippen LogP contribution in [0.25, 0.3) is 22.2 Å². The third-order valence-corrected chi connectivity index (χ3v) is 5.88. The molecule has 162 valence electrons. The first kappa shape index (κ1) is 21.2. The van der Waals surface area contributed by atoms with Crippen LogP contribution in [0.4, 0.5) is 8.78 Å². The molecule has 3 nitrogen and oxygen atoms in total. The van der Waals surface area contributed by atoms with Gasteiger partial charge in [0.05, 0.1) is 6.04 Å². The van der Waals surface area contributed by atoms with Crippen LogP contribution in [0.5, 0.6) is 0 Å². The van der Waals surface area contributed by atoms with E-state index < -0.39 is 6.04 Å². The van der Waals surface area contributed by atoms with Crippen LogP contribution in [-0.4, -0.2) is 11.4 Å². The Morgan fingerprint density at radius 3 is 2.12 bits per heavy atom. The highest BCUT2D eigenvalue weighted by Gasteiger charge is 2.16. The summed E-state index contributed by atoms with van der Waals surface area (Å²) in [7, 11) is 0. The summed E-state index contributed by atoms with van der Waals surface area (Å²) in [5.41, 5.74) is 4.73. The zero-order chi connectivity index (χ0) is 22.8. The summed E-state index contributed by atoms with van der Waals surface area (Å²) in [5, 5.41) is 5.19. The molecule has 0 fully saturated rings. The van der Waals surface area contributed by atoms with Gasteiger partial charge in [0.15, 0.2) is 5.58 Å². The maximum atomic E-state index is 13.5. The second-order valence-corrected chi connectivity index (χ2v) is 8.46. The van der Waals surface area contributed by atoms with Gasteiger partial charge in [0.2, 0.25) is 0 Å². The Labute approximate surface area is 197 Å². The molecule has 0 atom stereocenters. The zero-order valence-corrected chi connectivity index (χ0v) is 18.8. The van der Waals surface area contributed by atoms with Gasteiger partial charge in [-0.15, -0.1) is 0 Å². The van der Waals surface area contributed by atoms with E-state index in [0.29, 0.717) is 5.58 Å². The number of halogens is 3. The Morgan fingerprint density at radius 2 is 1.45 bits per heavy atom. The topological polar surface area (TPSA) is 38.4 Å². The van der Waals surface area contributed by atoms with E-state index in [-0.39, 0.29) is 11.6 Å². The van der Waals surface area contributed by atoms with Crippen molar-refractivity contribution in [2.45, 2.75) is 6.04 Å². The van der Waals surface area contributed by atoms with Gasteiger partial charge in [0.1, 0.15) is 17.3 Å². The fraction of sp³-hybridized carbons (Fsp3) is 0.0370. The number of benzene rings is 4. The van der Waals surface area contributed by atoms with Crippen molar-refractivity contribution in [3.63, 3.8) is 0 Å². The molecule has 0 radical (unpaired) electrons. The minimum atomic E-state index is -0.427. The quantitative estimate of drug-likeness (QED) is 0.230. The number of fused-ring (bicyclic) bond motifs is 1. The average Bonchev–Trinajstić information content (AvgIpc) is 3.24. The average molecular weight is 503 g/mol. The lowest BCUT2D eigenvalue weighted by Gasteiger charge is -2.14. The minimum absolute atomic E-state index is 0.324. The van der Waals surface area contributed by atoms with Crippen LogP contribution < -0.4 is 0 Å². The number of hydrogen-bond donors (Lipinski definition) is 0.